The number of nitrogens with zero attached hydrogens (tertiary/aromatic N) is 5. The van der Waals surface area contributed by atoms with Crippen molar-refractivity contribution in [2.24, 2.45) is 0 Å². The maximum Gasteiger partial charge on any atom is 0.357 e. The molecule has 2 aromatic heterocycles. The molecule has 1 aliphatic rings. The van der Waals surface area contributed by atoms with Crippen LogP contribution in [0.5, 0.6) is 0 Å². The first-order valence-electron chi connectivity index (χ1n) is 8.96. The zero-order valence-corrected chi connectivity index (χ0v) is 15.8. The minimum Gasteiger partial charge on any atom is -0.476 e. The lowest BCUT2D eigenvalue weighted by molar-refractivity contribution is -0.137. The minimum atomic E-state index is -1.77. The molecular formula is C21H15N5O4. The zero-order chi connectivity index (χ0) is 21.5. The smallest absolute Gasteiger partial charge is 0.357 e. The Morgan fingerprint density at radius 1 is 1.30 bits per heavy atom. The SMILES string of the molecule is CN1CC[C@@](O)(C#Cc2cc(C#N)cc(-n3nc(C(=O)O)c4cccnc43)c2)C1=O. The highest BCUT2D eigenvalue weighted by atomic mass is 16.4. The zero-order valence-electron chi connectivity index (χ0n) is 15.8. The van der Waals surface area contributed by atoms with Crippen LogP contribution in [-0.2, 0) is 4.79 Å². The van der Waals surface area contributed by atoms with Gasteiger partial charge in [0.25, 0.3) is 5.91 Å². The van der Waals surface area contributed by atoms with E-state index in [9.17, 15) is 25.1 Å². The van der Waals surface area contributed by atoms with Gasteiger partial charge in [-0.2, -0.15) is 10.4 Å². The molecule has 1 amide bonds. The number of rotatable bonds is 2. The summed E-state index contributed by atoms with van der Waals surface area (Å²) in [4.78, 5) is 29.3. The van der Waals surface area contributed by atoms with Crippen LogP contribution in [0.25, 0.3) is 16.7 Å². The number of likely N-dealkylation sites (tertiary alicyclic amines) is 1. The Bertz CT molecular complexity index is 1310. The second kappa shape index (κ2) is 6.99. The largest absolute Gasteiger partial charge is 0.476 e. The van der Waals surface area contributed by atoms with Crippen LogP contribution in [-0.4, -0.2) is 60.9 Å². The van der Waals surface area contributed by atoms with Crippen molar-refractivity contribution in [3.63, 3.8) is 0 Å². The Balaban J connectivity index is 1.84. The van der Waals surface area contributed by atoms with Crippen molar-refractivity contribution in [3.05, 3.63) is 53.3 Å². The highest BCUT2D eigenvalue weighted by molar-refractivity contribution is 6.00. The molecule has 1 saturated heterocycles. The van der Waals surface area contributed by atoms with E-state index < -0.39 is 17.5 Å². The number of aromatic carboxylic acids is 1. The third kappa shape index (κ3) is 3.13. The number of aromatic nitrogens is 3. The van der Waals surface area contributed by atoms with Gasteiger partial charge in [0.05, 0.1) is 22.7 Å². The summed E-state index contributed by atoms with van der Waals surface area (Å²) in [7, 11) is 1.59. The second-order valence-corrected chi connectivity index (χ2v) is 6.91. The molecule has 0 radical (unpaired) electrons. The molecular weight excluding hydrogens is 386 g/mol. The molecule has 1 aromatic carbocycles. The van der Waals surface area contributed by atoms with Crippen molar-refractivity contribution >= 4 is 22.9 Å². The van der Waals surface area contributed by atoms with Crippen LogP contribution < -0.4 is 0 Å². The van der Waals surface area contributed by atoms with Crippen molar-refractivity contribution in [2.75, 3.05) is 13.6 Å². The van der Waals surface area contributed by atoms with E-state index in [1.807, 2.05) is 6.07 Å². The fraction of sp³-hybridized carbons (Fsp3) is 0.190. The molecule has 3 aromatic rings. The Labute approximate surface area is 170 Å². The summed E-state index contributed by atoms with van der Waals surface area (Å²) < 4.78 is 1.33. The summed E-state index contributed by atoms with van der Waals surface area (Å²) in [6, 6.07) is 9.87. The number of carbonyl (C=O) groups is 2. The highest BCUT2D eigenvalue weighted by Crippen LogP contribution is 2.23. The summed E-state index contributed by atoms with van der Waals surface area (Å²) >= 11 is 0. The lowest BCUT2D eigenvalue weighted by Crippen LogP contribution is -2.37. The number of likely N-dealkylation sites (N-methyl/N-ethyl adjacent to an activating group) is 1. The molecule has 1 atom stereocenters. The standard InChI is InChI=1S/C21H15N5O4/c1-25-8-6-21(30,20(25)29)5-4-13-9-14(12-22)11-15(10-13)26-18-16(3-2-7-23-18)17(24-26)19(27)28/h2-3,7,9-11,30H,6,8H2,1H3,(H,27,28)/t21-/m0/s1. The van der Waals surface area contributed by atoms with E-state index in [-0.39, 0.29) is 17.7 Å². The summed E-state index contributed by atoms with van der Waals surface area (Å²) in [5, 5.41) is 33.8. The van der Waals surface area contributed by atoms with E-state index in [2.05, 4.69) is 21.9 Å². The van der Waals surface area contributed by atoms with Crippen LogP contribution in [0.4, 0.5) is 0 Å². The molecule has 3 heterocycles. The molecule has 2 N–H and O–H groups in total. The highest BCUT2D eigenvalue weighted by Gasteiger charge is 2.42. The van der Waals surface area contributed by atoms with Gasteiger partial charge in [0, 0.05) is 31.8 Å². The van der Waals surface area contributed by atoms with E-state index in [0.717, 1.165) is 0 Å². The Kier molecular flexibility index (Phi) is 4.46. The topological polar surface area (TPSA) is 132 Å². The van der Waals surface area contributed by atoms with Gasteiger partial charge in [-0.05, 0) is 30.3 Å². The van der Waals surface area contributed by atoms with Crippen molar-refractivity contribution in [1.29, 1.82) is 5.26 Å². The van der Waals surface area contributed by atoms with Gasteiger partial charge < -0.3 is 15.1 Å². The van der Waals surface area contributed by atoms with Gasteiger partial charge in [0.15, 0.2) is 11.3 Å². The third-order valence-corrected chi connectivity index (χ3v) is 4.86. The molecule has 9 heteroatoms. The van der Waals surface area contributed by atoms with E-state index >= 15 is 0 Å². The van der Waals surface area contributed by atoms with Crippen molar-refractivity contribution < 1.29 is 19.8 Å². The number of carboxylic acid groups (broad SMARTS) is 1. The van der Waals surface area contributed by atoms with Crippen LogP contribution in [0.2, 0.25) is 0 Å². The number of fused-ring (bicyclic) bond motifs is 1. The van der Waals surface area contributed by atoms with Crippen molar-refractivity contribution in [2.45, 2.75) is 12.0 Å². The van der Waals surface area contributed by atoms with Gasteiger partial charge in [-0.25, -0.2) is 14.5 Å². The fourth-order valence-electron chi connectivity index (χ4n) is 3.31. The summed E-state index contributed by atoms with van der Waals surface area (Å²) in [6.45, 7) is 0.399. The molecule has 148 valence electrons. The quantitative estimate of drug-likeness (QED) is 0.611. The Hall–Kier alpha value is -4.21. The second-order valence-electron chi connectivity index (χ2n) is 6.91. The van der Waals surface area contributed by atoms with Gasteiger partial charge in [-0.15, -0.1) is 0 Å². The Morgan fingerprint density at radius 3 is 2.73 bits per heavy atom. The fourth-order valence-corrected chi connectivity index (χ4v) is 3.31. The average molecular weight is 401 g/mol. The molecule has 9 nitrogen and oxygen atoms in total. The normalized spacial score (nSPS) is 18.2. The van der Waals surface area contributed by atoms with E-state index in [1.165, 1.54) is 27.9 Å². The molecule has 0 unspecified atom stereocenters. The van der Waals surface area contributed by atoms with E-state index in [0.29, 0.717) is 28.8 Å². The maximum atomic E-state index is 12.1. The minimum absolute atomic E-state index is 0.165. The molecule has 30 heavy (non-hydrogen) atoms. The first kappa shape index (κ1) is 19.1. The summed E-state index contributed by atoms with van der Waals surface area (Å²) in [5.74, 6) is 3.70. The van der Waals surface area contributed by atoms with Crippen LogP contribution >= 0.6 is 0 Å². The van der Waals surface area contributed by atoms with Crippen LogP contribution in [0, 0.1) is 23.2 Å². The number of hydrogen-bond donors (Lipinski definition) is 2. The van der Waals surface area contributed by atoms with E-state index in [1.54, 1.807) is 25.2 Å². The Morgan fingerprint density at radius 2 is 2.07 bits per heavy atom. The molecule has 0 saturated carbocycles. The van der Waals surface area contributed by atoms with Gasteiger partial charge >= 0.3 is 5.97 Å². The van der Waals surface area contributed by atoms with Gasteiger partial charge in [0.2, 0.25) is 5.60 Å². The predicted molar refractivity (Wildman–Crippen MR) is 105 cm³/mol. The number of benzene rings is 1. The first-order chi connectivity index (χ1) is 14.3. The molecule has 1 aliphatic heterocycles. The number of hydrogen-bond acceptors (Lipinski definition) is 6. The number of nitriles is 1. The number of carboxylic acids is 1. The number of pyridine rings is 1. The lowest BCUT2D eigenvalue weighted by Gasteiger charge is -2.13. The first-order valence-corrected chi connectivity index (χ1v) is 8.96. The third-order valence-electron chi connectivity index (χ3n) is 4.86. The maximum absolute atomic E-state index is 12.1. The van der Waals surface area contributed by atoms with Crippen molar-refractivity contribution in [3.8, 4) is 23.6 Å². The number of amides is 1. The molecule has 4 rings (SSSR count). The molecule has 0 aliphatic carbocycles. The van der Waals surface area contributed by atoms with Crippen LogP contribution in [0.1, 0.15) is 28.0 Å². The monoisotopic (exact) mass is 401 g/mol. The summed E-state index contributed by atoms with van der Waals surface area (Å²) in [5.41, 5.74) is -0.603. The summed E-state index contributed by atoms with van der Waals surface area (Å²) in [6.07, 6.45) is 1.70. The number of carbonyl (C=O) groups excluding carboxylic acids is 1. The lowest BCUT2D eigenvalue weighted by atomic mass is 10.0. The number of aliphatic hydroxyl groups is 1. The van der Waals surface area contributed by atoms with Crippen LogP contribution in [0.15, 0.2) is 36.5 Å². The predicted octanol–water partition coefficient (Wildman–Crippen LogP) is 0.935. The van der Waals surface area contributed by atoms with E-state index in [4.69, 9.17) is 0 Å². The van der Waals surface area contributed by atoms with Crippen molar-refractivity contribution in [1.82, 2.24) is 19.7 Å². The molecule has 0 bridgehead atoms. The van der Waals surface area contributed by atoms with Gasteiger partial charge in [-0.1, -0.05) is 11.8 Å². The average Bonchev–Trinajstić information content (AvgIpc) is 3.26. The van der Waals surface area contributed by atoms with Gasteiger partial charge in [-0.3, -0.25) is 4.79 Å². The van der Waals surface area contributed by atoms with Gasteiger partial charge in [0.1, 0.15) is 0 Å². The molecule has 1 fully saturated rings. The molecule has 0 spiro atoms. The van der Waals surface area contributed by atoms with Crippen LogP contribution in [0.3, 0.4) is 0 Å².